The van der Waals surface area contributed by atoms with Crippen LogP contribution >= 0.6 is 0 Å². The summed E-state index contributed by atoms with van der Waals surface area (Å²) in [7, 11) is 0. The molecule has 128 valence electrons. The molecule has 1 aromatic carbocycles. The average molecular weight is 338 g/mol. The second kappa shape index (κ2) is 6.51. The van der Waals surface area contributed by atoms with Gasteiger partial charge in [-0.1, -0.05) is 42.4 Å². The maximum Gasteiger partial charge on any atom is 0.273 e. The number of amides is 1. The zero-order chi connectivity index (χ0) is 17.2. The van der Waals surface area contributed by atoms with Crippen LogP contribution in [0.5, 0.6) is 0 Å². The van der Waals surface area contributed by atoms with Gasteiger partial charge < -0.3 is 14.3 Å². The van der Waals surface area contributed by atoms with Gasteiger partial charge in [-0.25, -0.2) is 0 Å². The summed E-state index contributed by atoms with van der Waals surface area (Å²) in [5.41, 5.74) is 1.18. The summed E-state index contributed by atoms with van der Waals surface area (Å²) >= 11 is 0. The first-order valence-electron chi connectivity index (χ1n) is 8.38. The molecule has 25 heavy (non-hydrogen) atoms. The highest BCUT2D eigenvalue weighted by molar-refractivity contribution is 5.93. The van der Waals surface area contributed by atoms with Crippen LogP contribution in [0, 0.1) is 0 Å². The topological polar surface area (TPSA) is 94.1 Å². The Labute approximate surface area is 144 Å². The lowest BCUT2D eigenvalue weighted by Crippen LogP contribution is -2.43. The molecule has 7 nitrogen and oxygen atoms in total. The summed E-state index contributed by atoms with van der Waals surface area (Å²) in [4.78, 5) is 12.3. The fourth-order valence-corrected chi connectivity index (χ4v) is 2.89. The molecule has 0 unspecified atom stereocenters. The number of hydrogen-bond donors (Lipinski definition) is 1. The van der Waals surface area contributed by atoms with E-state index in [1.165, 1.54) is 0 Å². The molecule has 1 aliphatic rings. The van der Waals surface area contributed by atoms with E-state index in [2.05, 4.69) is 20.7 Å². The molecule has 0 radical (unpaired) electrons. The summed E-state index contributed by atoms with van der Waals surface area (Å²) in [5, 5.41) is 14.9. The second-order valence-corrected chi connectivity index (χ2v) is 6.17. The van der Waals surface area contributed by atoms with E-state index in [1.807, 2.05) is 37.3 Å². The number of hydrogen-bond acceptors (Lipinski definition) is 6. The van der Waals surface area contributed by atoms with Crippen LogP contribution in [-0.4, -0.2) is 27.3 Å². The van der Waals surface area contributed by atoms with Gasteiger partial charge in [0.1, 0.15) is 0 Å². The fraction of sp³-hybridized carbons (Fsp3) is 0.333. The molecule has 0 bridgehead atoms. The Kier molecular flexibility index (Phi) is 4.05. The maximum atomic E-state index is 12.3. The normalized spacial score (nSPS) is 19.4. The second-order valence-electron chi connectivity index (χ2n) is 6.17. The molecule has 0 spiro atoms. The molecule has 0 saturated heterocycles. The Morgan fingerprint density at radius 1 is 1.24 bits per heavy atom. The molecule has 0 atom stereocenters. The van der Waals surface area contributed by atoms with E-state index < -0.39 is 0 Å². The predicted octanol–water partition coefficient (Wildman–Crippen LogP) is 2.96. The van der Waals surface area contributed by atoms with Crippen molar-refractivity contribution in [3.05, 3.63) is 53.9 Å². The molecule has 2 heterocycles. The van der Waals surface area contributed by atoms with Crippen LogP contribution in [0.25, 0.3) is 11.3 Å². The molecule has 1 amide bonds. The number of carbonyl (C=O) groups is 1. The summed E-state index contributed by atoms with van der Waals surface area (Å²) in [6.45, 7) is 1.97. The van der Waals surface area contributed by atoms with Crippen LogP contribution in [0.15, 0.2) is 45.3 Å². The zero-order valence-corrected chi connectivity index (χ0v) is 13.8. The molecular formula is C18H18N4O3. The Bertz CT molecular complexity index is 865. The zero-order valence-electron chi connectivity index (χ0n) is 13.8. The number of carbonyl (C=O) groups excluding carboxylic acids is 1. The Morgan fingerprint density at radius 3 is 2.76 bits per heavy atom. The van der Waals surface area contributed by atoms with Gasteiger partial charge in [-0.2, -0.15) is 0 Å². The van der Waals surface area contributed by atoms with Gasteiger partial charge in [0.05, 0.1) is 0 Å². The average Bonchev–Trinajstić information content (AvgIpc) is 3.27. The van der Waals surface area contributed by atoms with E-state index in [9.17, 15) is 4.79 Å². The predicted molar refractivity (Wildman–Crippen MR) is 88.8 cm³/mol. The molecule has 3 aromatic rings. The lowest BCUT2D eigenvalue weighted by atomic mass is 9.80. The third-order valence-corrected chi connectivity index (χ3v) is 4.41. The minimum atomic E-state index is -0.228. The van der Waals surface area contributed by atoms with Crippen LogP contribution in [0.4, 0.5) is 0 Å². The van der Waals surface area contributed by atoms with Crippen molar-refractivity contribution in [1.82, 2.24) is 20.7 Å². The summed E-state index contributed by atoms with van der Waals surface area (Å²) < 4.78 is 10.8. The smallest absolute Gasteiger partial charge is 0.273 e. The Hall–Kier alpha value is -2.96. The highest BCUT2D eigenvalue weighted by Gasteiger charge is 2.35. The van der Waals surface area contributed by atoms with Crippen LogP contribution in [0.3, 0.4) is 0 Å². The van der Waals surface area contributed by atoms with Crippen LogP contribution in [0.2, 0.25) is 0 Å². The number of benzene rings is 1. The van der Waals surface area contributed by atoms with Crippen molar-refractivity contribution < 1.29 is 13.7 Å². The van der Waals surface area contributed by atoms with E-state index in [4.69, 9.17) is 8.94 Å². The lowest BCUT2D eigenvalue weighted by molar-refractivity contribution is 0.0894. The van der Waals surface area contributed by atoms with Crippen molar-refractivity contribution in [2.24, 2.45) is 0 Å². The summed E-state index contributed by atoms with van der Waals surface area (Å²) in [5.74, 6) is 1.88. The maximum absolute atomic E-state index is 12.3. The van der Waals surface area contributed by atoms with Gasteiger partial charge in [0.2, 0.25) is 11.8 Å². The van der Waals surface area contributed by atoms with Gasteiger partial charge in [0, 0.05) is 30.0 Å². The first kappa shape index (κ1) is 15.6. The van der Waals surface area contributed by atoms with Crippen LogP contribution in [0.1, 0.15) is 48.0 Å². The molecule has 4 rings (SSSR count). The van der Waals surface area contributed by atoms with Crippen molar-refractivity contribution >= 4 is 5.91 Å². The number of nitrogens with zero attached hydrogens (tertiary/aromatic N) is 3. The summed E-state index contributed by atoms with van der Waals surface area (Å²) in [6, 6.07) is 11.3. The Balaban J connectivity index is 1.34. The number of nitrogens with one attached hydrogen (secondary N) is 1. The van der Waals surface area contributed by atoms with Gasteiger partial charge in [-0.15, -0.1) is 10.2 Å². The number of aromatic nitrogens is 3. The van der Waals surface area contributed by atoms with Gasteiger partial charge in [-0.05, 0) is 12.8 Å². The first-order valence-corrected chi connectivity index (χ1v) is 8.38. The van der Waals surface area contributed by atoms with Crippen LogP contribution < -0.4 is 5.32 Å². The van der Waals surface area contributed by atoms with Gasteiger partial charge in [0.25, 0.3) is 5.91 Å². The highest BCUT2D eigenvalue weighted by atomic mass is 16.5. The highest BCUT2D eigenvalue weighted by Crippen LogP contribution is 2.36. The molecule has 2 aromatic heterocycles. The van der Waals surface area contributed by atoms with Gasteiger partial charge in [-0.3, -0.25) is 4.79 Å². The number of aryl methyl sites for hydroxylation is 1. The fourth-order valence-electron chi connectivity index (χ4n) is 2.89. The standard InChI is InChI=1S/C18H18N4O3/c1-2-16-20-21-18(24-16)12-8-13(9-12)19-17(23)14-10-15(25-22-14)11-6-4-3-5-7-11/h3-7,10,12-13H,2,8-9H2,1H3,(H,19,23). The monoisotopic (exact) mass is 338 g/mol. The third-order valence-electron chi connectivity index (χ3n) is 4.41. The molecule has 1 aliphatic carbocycles. The van der Waals surface area contributed by atoms with E-state index >= 15 is 0 Å². The SMILES string of the molecule is CCc1nnc(C2CC(NC(=O)c3cc(-c4ccccc4)on3)C2)o1. The largest absolute Gasteiger partial charge is 0.425 e. The Morgan fingerprint density at radius 2 is 2.04 bits per heavy atom. The lowest BCUT2D eigenvalue weighted by Gasteiger charge is -2.33. The van der Waals surface area contributed by atoms with Crippen LogP contribution in [-0.2, 0) is 6.42 Å². The van der Waals surface area contributed by atoms with E-state index in [-0.39, 0.29) is 23.6 Å². The minimum Gasteiger partial charge on any atom is -0.425 e. The quantitative estimate of drug-likeness (QED) is 0.768. The number of rotatable bonds is 5. The van der Waals surface area contributed by atoms with Crippen molar-refractivity contribution in [2.45, 2.75) is 38.1 Å². The van der Waals surface area contributed by atoms with E-state index in [1.54, 1.807) is 6.07 Å². The van der Waals surface area contributed by atoms with E-state index in [0.717, 1.165) is 24.8 Å². The molecule has 1 fully saturated rings. The molecule has 1 N–H and O–H groups in total. The van der Waals surface area contributed by atoms with Gasteiger partial charge in [0.15, 0.2) is 11.5 Å². The van der Waals surface area contributed by atoms with Crippen molar-refractivity contribution in [2.75, 3.05) is 0 Å². The third kappa shape index (κ3) is 3.17. The molecule has 7 heteroatoms. The molecule has 1 saturated carbocycles. The van der Waals surface area contributed by atoms with Crippen molar-refractivity contribution in [3.8, 4) is 11.3 Å². The minimum absolute atomic E-state index is 0.0892. The van der Waals surface area contributed by atoms with Gasteiger partial charge >= 0.3 is 0 Å². The first-order chi connectivity index (χ1) is 12.2. The van der Waals surface area contributed by atoms with E-state index in [0.29, 0.717) is 17.5 Å². The molecular weight excluding hydrogens is 320 g/mol. The van der Waals surface area contributed by atoms with Crippen molar-refractivity contribution in [3.63, 3.8) is 0 Å². The summed E-state index contributed by atoms with van der Waals surface area (Å²) in [6.07, 6.45) is 2.32. The van der Waals surface area contributed by atoms with Crippen molar-refractivity contribution in [1.29, 1.82) is 0 Å². The molecule has 0 aliphatic heterocycles.